The molecule has 32 heavy (non-hydrogen) atoms. The van der Waals surface area contributed by atoms with Gasteiger partial charge in [0.25, 0.3) is 0 Å². The molecule has 1 aromatic carbocycles. The summed E-state index contributed by atoms with van der Waals surface area (Å²) >= 11 is 0. The van der Waals surface area contributed by atoms with Crippen molar-refractivity contribution in [2.45, 2.75) is 118 Å². The van der Waals surface area contributed by atoms with Gasteiger partial charge < -0.3 is 9.47 Å². The Morgan fingerprint density at radius 3 is 1.69 bits per heavy atom. The van der Waals surface area contributed by atoms with Crippen molar-refractivity contribution in [1.82, 2.24) is 0 Å². The van der Waals surface area contributed by atoms with E-state index < -0.39 is 11.9 Å². The standard InChI is InChI=1S/C28H46O4/c1-5-9-11-13-15-17-19-23-21-22-25(27(29)31-7-3)26(28(30)32-8-4)24(23)20-18-16-14-12-10-6-2/h21-22H,5-20H2,1-4H3. The number of hydrogen-bond acceptors (Lipinski definition) is 4. The normalized spacial score (nSPS) is 10.9. The van der Waals surface area contributed by atoms with Gasteiger partial charge in [-0.1, -0.05) is 84.1 Å². The van der Waals surface area contributed by atoms with E-state index in [9.17, 15) is 9.59 Å². The minimum Gasteiger partial charge on any atom is -0.462 e. The van der Waals surface area contributed by atoms with Crippen LogP contribution in [0.4, 0.5) is 0 Å². The number of carbonyl (C=O) groups is 2. The maximum Gasteiger partial charge on any atom is 0.339 e. The van der Waals surface area contributed by atoms with Crippen LogP contribution in [-0.4, -0.2) is 25.2 Å². The summed E-state index contributed by atoms with van der Waals surface area (Å²) in [5.74, 6) is -0.841. The number of benzene rings is 1. The SMILES string of the molecule is CCCCCCCCc1ccc(C(=O)OCC)c(C(=O)OCC)c1CCCCCCCC. The molecule has 0 heterocycles. The van der Waals surface area contributed by atoms with Crippen LogP contribution in [0.25, 0.3) is 0 Å². The molecular formula is C28H46O4. The molecule has 0 fully saturated rings. The van der Waals surface area contributed by atoms with E-state index >= 15 is 0 Å². The third kappa shape index (κ3) is 10.2. The van der Waals surface area contributed by atoms with Crippen molar-refractivity contribution in [3.63, 3.8) is 0 Å². The second kappa shape index (κ2) is 17.7. The molecule has 1 rings (SSSR count). The molecule has 0 unspecified atom stereocenters. The van der Waals surface area contributed by atoms with Crippen LogP contribution in [0.1, 0.15) is 137 Å². The summed E-state index contributed by atoms with van der Waals surface area (Å²) in [6, 6.07) is 3.80. The lowest BCUT2D eigenvalue weighted by Crippen LogP contribution is -2.18. The molecule has 0 bridgehead atoms. The zero-order valence-electron chi connectivity index (χ0n) is 21.1. The highest BCUT2D eigenvalue weighted by atomic mass is 16.5. The minimum absolute atomic E-state index is 0.285. The summed E-state index contributed by atoms with van der Waals surface area (Å²) in [6.45, 7) is 8.62. The summed E-state index contributed by atoms with van der Waals surface area (Å²) in [5, 5.41) is 0. The molecule has 0 aromatic heterocycles. The molecule has 0 radical (unpaired) electrons. The molecule has 0 spiro atoms. The van der Waals surface area contributed by atoms with Crippen LogP contribution < -0.4 is 0 Å². The first-order valence-electron chi connectivity index (χ1n) is 13.1. The van der Waals surface area contributed by atoms with Crippen LogP contribution in [-0.2, 0) is 22.3 Å². The van der Waals surface area contributed by atoms with Crippen molar-refractivity contribution in [2.75, 3.05) is 13.2 Å². The lowest BCUT2D eigenvalue weighted by atomic mass is 9.89. The average molecular weight is 447 g/mol. The zero-order chi connectivity index (χ0) is 23.6. The molecule has 0 aliphatic rings. The van der Waals surface area contributed by atoms with Crippen molar-refractivity contribution in [1.29, 1.82) is 0 Å². The predicted octanol–water partition coefficient (Wildman–Crippen LogP) is 7.85. The molecule has 0 N–H and O–H groups in total. The maximum absolute atomic E-state index is 12.9. The molecule has 4 heteroatoms. The number of aryl methyl sites for hydroxylation is 1. The van der Waals surface area contributed by atoms with Gasteiger partial charge in [0.1, 0.15) is 0 Å². The fourth-order valence-electron chi connectivity index (χ4n) is 4.20. The van der Waals surface area contributed by atoms with Gasteiger partial charge in [0.15, 0.2) is 0 Å². The summed E-state index contributed by atoms with van der Waals surface area (Å²) in [7, 11) is 0. The van der Waals surface area contributed by atoms with Gasteiger partial charge in [0.2, 0.25) is 0 Å². The average Bonchev–Trinajstić information content (AvgIpc) is 2.78. The summed E-state index contributed by atoms with van der Waals surface area (Å²) < 4.78 is 10.6. The smallest absolute Gasteiger partial charge is 0.339 e. The zero-order valence-corrected chi connectivity index (χ0v) is 21.1. The van der Waals surface area contributed by atoms with Crippen molar-refractivity contribution >= 4 is 11.9 Å². The van der Waals surface area contributed by atoms with Gasteiger partial charge in [-0.3, -0.25) is 0 Å². The van der Waals surface area contributed by atoms with E-state index in [0.29, 0.717) is 17.7 Å². The lowest BCUT2D eigenvalue weighted by molar-refractivity contribution is 0.0477. The second-order valence-corrected chi connectivity index (χ2v) is 8.60. The molecular weight excluding hydrogens is 400 g/mol. The number of carbonyl (C=O) groups excluding carboxylic acids is 2. The van der Waals surface area contributed by atoms with Gasteiger partial charge in [-0.25, -0.2) is 9.59 Å². The van der Waals surface area contributed by atoms with E-state index in [0.717, 1.165) is 37.7 Å². The summed E-state index contributed by atoms with van der Waals surface area (Å²) in [4.78, 5) is 25.6. The Bertz CT molecular complexity index is 666. The number of rotatable bonds is 18. The highest BCUT2D eigenvalue weighted by Crippen LogP contribution is 2.26. The van der Waals surface area contributed by atoms with Crippen LogP contribution in [0, 0.1) is 0 Å². The molecule has 0 amide bonds. The Balaban J connectivity index is 3.09. The van der Waals surface area contributed by atoms with E-state index in [1.165, 1.54) is 63.4 Å². The fraction of sp³-hybridized carbons (Fsp3) is 0.714. The Kier molecular flexibility index (Phi) is 15.6. The van der Waals surface area contributed by atoms with Crippen molar-refractivity contribution in [3.8, 4) is 0 Å². The van der Waals surface area contributed by atoms with Gasteiger partial charge >= 0.3 is 11.9 Å². The summed E-state index contributed by atoms with van der Waals surface area (Å²) in [5.41, 5.74) is 2.96. The molecule has 0 saturated carbocycles. The van der Waals surface area contributed by atoms with Crippen molar-refractivity contribution in [2.24, 2.45) is 0 Å². The predicted molar refractivity (Wildman–Crippen MR) is 133 cm³/mol. The third-order valence-corrected chi connectivity index (χ3v) is 5.96. The maximum atomic E-state index is 12.9. The molecule has 0 saturated heterocycles. The molecule has 182 valence electrons. The number of hydrogen-bond donors (Lipinski definition) is 0. The highest BCUT2D eigenvalue weighted by Gasteiger charge is 2.25. The Labute approximate surface area is 196 Å². The number of ether oxygens (including phenoxy) is 2. The van der Waals surface area contributed by atoms with Crippen LogP contribution in [0.2, 0.25) is 0 Å². The largest absolute Gasteiger partial charge is 0.462 e. The minimum atomic E-state index is -0.439. The fourth-order valence-corrected chi connectivity index (χ4v) is 4.20. The monoisotopic (exact) mass is 446 g/mol. The number of esters is 2. The molecule has 0 aliphatic heterocycles. The third-order valence-electron chi connectivity index (χ3n) is 5.96. The lowest BCUT2D eigenvalue weighted by Gasteiger charge is -2.18. The first kappa shape index (κ1) is 28.2. The van der Waals surface area contributed by atoms with Gasteiger partial charge in [0.05, 0.1) is 24.3 Å². The van der Waals surface area contributed by atoms with Gasteiger partial charge in [0, 0.05) is 0 Å². The Morgan fingerprint density at radius 1 is 0.625 bits per heavy atom. The van der Waals surface area contributed by atoms with E-state index in [1.54, 1.807) is 19.9 Å². The van der Waals surface area contributed by atoms with Crippen molar-refractivity contribution < 1.29 is 19.1 Å². The molecule has 1 aromatic rings. The van der Waals surface area contributed by atoms with Gasteiger partial charge in [-0.05, 0) is 56.7 Å². The van der Waals surface area contributed by atoms with E-state index in [1.807, 2.05) is 6.07 Å². The quantitative estimate of drug-likeness (QED) is 0.170. The van der Waals surface area contributed by atoms with E-state index in [-0.39, 0.29) is 6.61 Å². The Morgan fingerprint density at radius 2 is 1.12 bits per heavy atom. The van der Waals surface area contributed by atoms with Gasteiger partial charge in [-0.2, -0.15) is 0 Å². The van der Waals surface area contributed by atoms with Gasteiger partial charge in [-0.15, -0.1) is 0 Å². The second-order valence-electron chi connectivity index (χ2n) is 8.60. The molecule has 4 nitrogen and oxygen atoms in total. The topological polar surface area (TPSA) is 52.6 Å². The number of unbranched alkanes of at least 4 members (excludes halogenated alkanes) is 10. The molecule has 0 atom stereocenters. The first-order chi connectivity index (χ1) is 15.6. The Hall–Kier alpha value is -1.84. The van der Waals surface area contributed by atoms with Crippen molar-refractivity contribution in [3.05, 3.63) is 34.4 Å². The van der Waals surface area contributed by atoms with Crippen LogP contribution >= 0.6 is 0 Å². The van der Waals surface area contributed by atoms with Crippen LogP contribution in [0.15, 0.2) is 12.1 Å². The van der Waals surface area contributed by atoms with Crippen LogP contribution in [0.5, 0.6) is 0 Å². The first-order valence-corrected chi connectivity index (χ1v) is 13.1. The molecule has 0 aliphatic carbocycles. The highest BCUT2D eigenvalue weighted by molar-refractivity contribution is 6.04. The van der Waals surface area contributed by atoms with E-state index in [2.05, 4.69) is 13.8 Å². The van der Waals surface area contributed by atoms with Crippen LogP contribution in [0.3, 0.4) is 0 Å². The summed E-state index contributed by atoms with van der Waals surface area (Å²) in [6.07, 6.45) is 16.3. The van der Waals surface area contributed by atoms with E-state index in [4.69, 9.17) is 9.47 Å².